The van der Waals surface area contributed by atoms with Gasteiger partial charge in [-0.3, -0.25) is 4.79 Å². The van der Waals surface area contributed by atoms with Gasteiger partial charge < -0.3 is 4.74 Å². The first kappa shape index (κ1) is 13.4. The van der Waals surface area contributed by atoms with E-state index >= 15 is 0 Å². The Morgan fingerprint density at radius 2 is 1.93 bits per heavy atom. The van der Waals surface area contributed by atoms with E-state index in [1.807, 2.05) is 45.0 Å². The Bertz CT molecular complexity index is 332. The van der Waals surface area contributed by atoms with E-state index in [1.165, 1.54) is 0 Å². The van der Waals surface area contributed by atoms with Gasteiger partial charge in [0, 0.05) is 6.92 Å². The van der Waals surface area contributed by atoms with Crippen molar-refractivity contribution in [1.29, 1.82) is 0 Å². The van der Waals surface area contributed by atoms with E-state index in [1.54, 1.807) is 6.92 Å². The molecule has 0 bridgehead atoms. The molecule has 0 aliphatic rings. The number of nitrogens with zero attached hydrogens (tertiary/aromatic N) is 1. The average molecular weight is 207 g/mol. The van der Waals surface area contributed by atoms with Crippen molar-refractivity contribution < 1.29 is 9.53 Å². The van der Waals surface area contributed by atoms with E-state index < -0.39 is 0 Å². The fourth-order valence-corrected chi connectivity index (χ4v) is 0.954. The minimum absolute atomic E-state index is 0.351. The van der Waals surface area contributed by atoms with Crippen molar-refractivity contribution in [1.82, 2.24) is 0 Å². The molecular formula is C12H17NO2. The van der Waals surface area contributed by atoms with E-state index in [4.69, 9.17) is 0 Å². The lowest BCUT2D eigenvalue weighted by Crippen LogP contribution is -1.95. The molecular weight excluding hydrogens is 190 g/mol. The number of para-hydroxylation sites is 1. The molecule has 0 fully saturated rings. The van der Waals surface area contributed by atoms with E-state index in [0.29, 0.717) is 12.4 Å². The van der Waals surface area contributed by atoms with Crippen molar-refractivity contribution in [2.45, 2.75) is 27.7 Å². The van der Waals surface area contributed by atoms with Gasteiger partial charge in [0.1, 0.15) is 0 Å². The maximum absolute atomic E-state index is 9.99. The van der Waals surface area contributed by atoms with Crippen LogP contribution in [0.4, 0.5) is 5.69 Å². The molecule has 0 aromatic heterocycles. The SMILES string of the molecule is CC.CC(=Nc1ccccc1C)OC=O. The predicted octanol–water partition coefficient (Wildman–Crippen LogP) is 3.24. The predicted molar refractivity (Wildman–Crippen MR) is 62.4 cm³/mol. The van der Waals surface area contributed by atoms with E-state index in [2.05, 4.69) is 9.73 Å². The second-order valence-corrected chi connectivity index (χ2v) is 2.63. The third kappa shape index (κ3) is 4.96. The monoisotopic (exact) mass is 207 g/mol. The fraction of sp³-hybridized carbons (Fsp3) is 0.333. The minimum Gasteiger partial charge on any atom is -0.414 e. The third-order valence-electron chi connectivity index (χ3n) is 1.61. The van der Waals surface area contributed by atoms with Crippen LogP contribution in [-0.2, 0) is 9.53 Å². The largest absolute Gasteiger partial charge is 0.414 e. The summed E-state index contributed by atoms with van der Waals surface area (Å²) in [5, 5.41) is 0. The van der Waals surface area contributed by atoms with Crippen LogP contribution in [-0.4, -0.2) is 12.4 Å². The van der Waals surface area contributed by atoms with Crippen LogP contribution in [0.2, 0.25) is 0 Å². The molecule has 15 heavy (non-hydrogen) atoms. The van der Waals surface area contributed by atoms with Gasteiger partial charge in [-0.2, -0.15) is 0 Å². The van der Waals surface area contributed by atoms with Crippen LogP contribution < -0.4 is 0 Å². The Labute approximate surface area is 90.8 Å². The normalized spacial score (nSPS) is 10.0. The van der Waals surface area contributed by atoms with Crippen LogP contribution in [0.25, 0.3) is 0 Å². The van der Waals surface area contributed by atoms with Crippen molar-refractivity contribution in [3.05, 3.63) is 29.8 Å². The maximum Gasteiger partial charge on any atom is 0.299 e. The summed E-state index contributed by atoms with van der Waals surface area (Å²) in [6, 6.07) is 7.64. The molecule has 0 amide bonds. The summed E-state index contributed by atoms with van der Waals surface area (Å²) in [6.45, 7) is 7.96. The van der Waals surface area contributed by atoms with Crippen LogP contribution in [0.15, 0.2) is 29.3 Å². The van der Waals surface area contributed by atoms with Crippen molar-refractivity contribution >= 4 is 18.1 Å². The summed E-state index contributed by atoms with van der Waals surface area (Å²) in [5.74, 6) is 0.351. The molecule has 1 rings (SSSR count). The minimum atomic E-state index is 0.351. The van der Waals surface area contributed by atoms with Gasteiger partial charge in [-0.15, -0.1) is 0 Å². The van der Waals surface area contributed by atoms with Crippen molar-refractivity contribution in [3.63, 3.8) is 0 Å². The Hall–Kier alpha value is -1.64. The topological polar surface area (TPSA) is 38.7 Å². The molecule has 0 spiro atoms. The molecule has 0 aliphatic heterocycles. The number of hydrogen-bond acceptors (Lipinski definition) is 3. The molecule has 0 saturated carbocycles. The highest BCUT2D eigenvalue weighted by molar-refractivity contribution is 5.82. The van der Waals surface area contributed by atoms with E-state index in [9.17, 15) is 4.79 Å². The third-order valence-corrected chi connectivity index (χ3v) is 1.61. The number of carbonyl (C=O) groups excluding carboxylic acids is 1. The average Bonchev–Trinajstić information content (AvgIpc) is 2.25. The zero-order valence-corrected chi connectivity index (χ0v) is 9.65. The van der Waals surface area contributed by atoms with Crippen molar-refractivity contribution in [3.8, 4) is 0 Å². The lowest BCUT2D eigenvalue weighted by molar-refractivity contribution is -0.121. The molecule has 0 saturated heterocycles. The highest BCUT2D eigenvalue weighted by atomic mass is 16.5. The highest BCUT2D eigenvalue weighted by Gasteiger charge is 1.95. The zero-order valence-electron chi connectivity index (χ0n) is 9.65. The molecule has 0 radical (unpaired) electrons. The number of aryl methyl sites for hydroxylation is 1. The Morgan fingerprint density at radius 3 is 2.47 bits per heavy atom. The second kappa shape index (κ2) is 7.74. The molecule has 0 N–H and O–H groups in total. The smallest absolute Gasteiger partial charge is 0.299 e. The summed E-state index contributed by atoms with van der Waals surface area (Å²) in [6.07, 6.45) is 0. The number of ether oxygens (including phenoxy) is 1. The van der Waals surface area contributed by atoms with E-state index in [0.717, 1.165) is 11.3 Å². The number of hydrogen-bond donors (Lipinski definition) is 0. The van der Waals surface area contributed by atoms with Crippen molar-refractivity contribution in [2.24, 2.45) is 4.99 Å². The molecule has 0 atom stereocenters. The van der Waals surface area contributed by atoms with Gasteiger partial charge in [0.05, 0.1) is 5.69 Å². The van der Waals surface area contributed by atoms with Gasteiger partial charge in [-0.05, 0) is 18.6 Å². The molecule has 1 aromatic rings. The lowest BCUT2D eigenvalue weighted by Gasteiger charge is -1.99. The number of rotatable bonds is 2. The Morgan fingerprint density at radius 1 is 1.33 bits per heavy atom. The molecule has 0 unspecified atom stereocenters. The lowest BCUT2D eigenvalue weighted by atomic mass is 10.2. The molecule has 0 heterocycles. The number of aliphatic imine (C=N–C) groups is 1. The fourth-order valence-electron chi connectivity index (χ4n) is 0.954. The molecule has 1 aromatic carbocycles. The molecule has 3 heteroatoms. The highest BCUT2D eigenvalue weighted by Crippen LogP contribution is 2.17. The number of benzene rings is 1. The van der Waals surface area contributed by atoms with Gasteiger partial charge in [0.25, 0.3) is 6.47 Å². The summed E-state index contributed by atoms with van der Waals surface area (Å²) in [4.78, 5) is 14.1. The van der Waals surface area contributed by atoms with E-state index in [-0.39, 0.29) is 0 Å². The quantitative estimate of drug-likeness (QED) is 0.424. The van der Waals surface area contributed by atoms with Gasteiger partial charge in [-0.25, -0.2) is 4.99 Å². The number of carbonyl (C=O) groups is 1. The Balaban J connectivity index is 0.000000921. The summed E-state index contributed by atoms with van der Waals surface area (Å²) in [5.41, 5.74) is 1.87. The Kier molecular flexibility index (Phi) is 6.89. The van der Waals surface area contributed by atoms with Gasteiger partial charge in [-0.1, -0.05) is 32.0 Å². The first-order valence-electron chi connectivity index (χ1n) is 4.95. The maximum atomic E-state index is 9.99. The van der Waals surface area contributed by atoms with Crippen LogP contribution >= 0.6 is 0 Å². The summed E-state index contributed by atoms with van der Waals surface area (Å²) >= 11 is 0. The van der Waals surface area contributed by atoms with Crippen LogP contribution in [0, 0.1) is 6.92 Å². The molecule has 82 valence electrons. The van der Waals surface area contributed by atoms with Gasteiger partial charge >= 0.3 is 0 Å². The van der Waals surface area contributed by atoms with Gasteiger partial charge in [0.15, 0.2) is 5.90 Å². The summed E-state index contributed by atoms with van der Waals surface area (Å²) < 4.78 is 4.57. The summed E-state index contributed by atoms with van der Waals surface area (Å²) in [7, 11) is 0. The molecule has 3 nitrogen and oxygen atoms in total. The standard InChI is InChI=1S/C10H11NO2.C2H6/c1-8-5-3-4-6-10(8)11-9(2)13-7-12;1-2/h3-7H,1-2H3;1-2H3. The van der Waals surface area contributed by atoms with Gasteiger partial charge in [0.2, 0.25) is 0 Å². The first-order chi connectivity index (χ1) is 7.24. The van der Waals surface area contributed by atoms with Crippen LogP contribution in [0.3, 0.4) is 0 Å². The second-order valence-electron chi connectivity index (χ2n) is 2.63. The molecule has 0 aliphatic carbocycles. The first-order valence-corrected chi connectivity index (χ1v) is 4.95. The van der Waals surface area contributed by atoms with Crippen LogP contribution in [0.5, 0.6) is 0 Å². The van der Waals surface area contributed by atoms with Crippen molar-refractivity contribution in [2.75, 3.05) is 0 Å². The zero-order chi connectivity index (χ0) is 11.7. The van der Waals surface area contributed by atoms with Crippen LogP contribution in [0.1, 0.15) is 26.3 Å².